The van der Waals surface area contributed by atoms with E-state index in [-0.39, 0.29) is 17.6 Å². The molecule has 2 fully saturated rings. The highest BCUT2D eigenvalue weighted by atomic mass is 16.5. The first-order chi connectivity index (χ1) is 13.7. The highest BCUT2D eigenvalue weighted by Crippen LogP contribution is 2.32. The number of aromatic nitrogens is 6. The van der Waals surface area contributed by atoms with E-state index in [0.29, 0.717) is 22.8 Å². The van der Waals surface area contributed by atoms with Crippen LogP contribution >= 0.6 is 0 Å². The lowest BCUT2D eigenvalue weighted by molar-refractivity contribution is 0.0672. The molecule has 28 heavy (non-hydrogen) atoms. The normalized spacial score (nSPS) is 20.3. The SMILES string of the molecule is C[C@H](c1nc2c(cnn2C2CCOCC2)c(=O)[nH]1)N1CC(c2cccnn2)C1. The molecule has 9 heteroatoms. The molecule has 3 aromatic heterocycles. The summed E-state index contributed by atoms with van der Waals surface area (Å²) in [7, 11) is 0. The van der Waals surface area contributed by atoms with E-state index >= 15 is 0 Å². The number of likely N-dealkylation sites (tertiary alicyclic amines) is 1. The van der Waals surface area contributed by atoms with Gasteiger partial charge in [0.2, 0.25) is 0 Å². The minimum Gasteiger partial charge on any atom is -0.381 e. The van der Waals surface area contributed by atoms with Crippen molar-refractivity contribution in [2.24, 2.45) is 0 Å². The molecule has 2 saturated heterocycles. The van der Waals surface area contributed by atoms with E-state index < -0.39 is 0 Å². The van der Waals surface area contributed by atoms with Crippen molar-refractivity contribution in [3.05, 3.63) is 46.4 Å². The molecule has 0 aliphatic carbocycles. The Morgan fingerprint density at radius 1 is 1.29 bits per heavy atom. The lowest BCUT2D eigenvalue weighted by Gasteiger charge is -2.42. The van der Waals surface area contributed by atoms with Crippen molar-refractivity contribution in [1.82, 2.24) is 34.8 Å². The maximum absolute atomic E-state index is 12.6. The molecule has 0 radical (unpaired) electrons. The molecule has 0 unspecified atom stereocenters. The van der Waals surface area contributed by atoms with Crippen LogP contribution in [0.25, 0.3) is 11.0 Å². The highest BCUT2D eigenvalue weighted by Gasteiger charge is 2.34. The van der Waals surface area contributed by atoms with Gasteiger partial charge >= 0.3 is 0 Å². The van der Waals surface area contributed by atoms with Crippen LogP contribution < -0.4 is 5.56 Å². The maximum Gasteiger partial charge on any atom is 0.262 e. The van der Waals surface area contributed by atoms with E-state index in [1.807, 2.05) is 16.8 Å². The number of rotatable bonds is 4. The van der Waals surface area contributed by atoms with Gasteiger partial charge in [-0.15, -0.1) is 0 Å². The lowest BCUT2D eigenvalue weighted by atomic mass is 9.94. The summed E-state index contributed by atoms with van der Waals surface area (Å²) in [5.41, 5.74) is 1.56. The topological polar surface area (TPSA) is 102 Å². The Labute approximate surface area is 161 Å². The monoisotopic (exact) mass is 381 g/mol. The number of hydrogen-bond acceptors (Lipinski definition) is 7. The smallest absolute Gasteiger partial charge is 0.262 e. The van der Waals surface area contributed by atoms with Crippen molar-refractivity contribution in [3.8, 4) is 0 Å². The number of hydrogen-bond donors (Lipinski definition) is 1. The number of nitrogens with zero attached hydrogens (tertiary/aromatic N) is 6. The minimum absolute atomic E-state index is 0.0167. The molecule has 2 aliphatic heterocycles. The first-order valence-electron chi connectivity index (χ1n) is 9.77. The third kappa shape index (κ3) is 3.00. The van der Waals surface area contributed by atoms with Crippen LogP contribution in [-0.4, -0.2) is 61.1 Å². The molecular weight excluding hydrogens is 358 g/mol. The summed E-state index contributed by atoms with van der Waals surface area (Å²) in [6.45, 7) is 5.26. The van der Waals surface area contributed by atoms with Gasteiger partial charge < -0.3 is 9.72 Å². The van der Waals surface area contributed by atoms with E-state index in [1.54, 1.807) is 12.4 Å². The molecule has 3 aromatic rings. The van der Waals surface area contributed by atoms with Crippen LogP contribution in [0.4, 0.5) is 0 Å². The number of fused-ring (bicyclic) bond motifs is 1. The second-order valence-corrected chi connectivity index (χ2v) is 7.60. The second-order valence-electron chi connectivity index (χ2n) is 7.60. The second kappa shape index (κ2) is 7.06. The number of ether oxygens (including phenoxy) is 1. The van der Waals surface area contributed by atoms with Crippen LogP contribution in [-0.2, 0) is 4.74 Å². The summed E-state index contributed by atoms with van der Waals surface area (Å²) in [5, 5.41) is 13.2. The van der Waals surface area contributed by atoms with Crippen molar-refractivity contribution < 1.29 is 4.74 Å². The first kappa shape index (κ1) is 17.4. The largest absolute Gasteiger partial charge is 0.381 e. The predicted molar refractivity (Wildman–Crippen MR) is 102 cm³/mol. The summed E-state index contributed by atoms with van der Waals surface area (Å²) in [6, 6.07) is 4.17. The predicted octanol–water partition coefficient (Wildman–Crippen LogP) is 1.42. The Morgan fingerprint density at radius 2 is 2.11 bits per heavy atom. The van der Waals surface area contributed by atoms with Crippen molar-refractivity contribution in [2.45, 2.75) is 37.8 Å². The third-order valence-electron chi connectivity index (χ3n) is 5.88. The molecule has 5 heterocycles. The summed E-state index contributed by atoms with van der Waals surface area (Å²) < 4.78 is 7.35. The van der Waals surface area contributed by atoms with Gasteiger partial charge in [0.05, 0.1) is 24.0 Å². The first-order valence-corrected chi connectivity index (χ1v) is 9.77. The fraction of sp³-hybridized carbons (Fsp3) is 0.526. The molecule has 0 amide bonds. The van der Waals surface area contributed by atoms with Crippen molar-refractivity contribution >= 4 is 11.0 Å². The maximum atomic E-state index is 12.6. The van der Waals surface area contributed by atoms with Crippen molar-refractivity contribution in [1.29, 1.82) is 0 Å². The number of H-pyrrole nitrogens is 1. The van der Waals surface area contributed by atoms with Crippen LogP contribution in [0.5, 0.6) is 0 Å². The highest BCUT2D eigenvalue weighted by molar-refractivity contribution is 5.73. The molecular formula is C19H23N7O2. The summed E-state index contributed by atoms with van der Waals surface area (Å²) in [6.07, 6.45) is 5.09. The molecule has 0 aromatic carbocycles. The van der Waals surface area contributed by atoms with Gasteiger partial charge in [-0.05, 0) is 31.9 Å². The molecule has 0 spiro atoms. The number of nitrogens with one attached hydrogen (secondary N) is 1. The average Bonchev–Trinajstić information content (AvgIpc) is 3.13. The van der Waals surface area contributed by atoms with Crippen LogP contribution in [0.15, 0.2) is 29.3 Å². The Hall–Kier alpha value is -2.65. The molecule has 146 valence electrons. The van der Waals surface area contributed by atoms with Crippen molar-refractivity contribution in [3.63, 3.8) is 0 Å². The van der Waals surface area contributed by atoms with E-state index in [4.69, 9.17) is 9.72 Å². The Bertz CT molecular complexity index is 1020. The lowest BCUT2D eigenvalue weighted by Crippen LogP contribution is -2.47. The average molecular weight is 381 g/mol. The fourth-order valence-corrected chi connectivity index (χ4v) is 4.07. The molecule has 0 saturated carbocycles. The number of aromatic amines is 1. The van der Waals surface area contributed by atoms with Gasteiger partial charge in [-0.2, -0.15) is 15.3 Å². The molecule has 1 N–H and O–H groups in total. The van der Waals surface area contributed by atoms with Crippen LogP contribution in [0.1, 0.15) is 49.3 Å². The molecule has 1 atom stereocenters. The standard InChI is InChI=1S/C19H23N7O2/c1-12(25-10-13(11-25)16-3-2-6-20-24-16)17-22-18-15(19(27)23-17)9-21-26(18)14-4-7-28-8-5-14/h2-3,6,9,12-14H,4-5,7-8,10-11H2,1H3,(H,22,23,27)/t12-/m1/s1. The van der Waals surface area contributed by atoms with Gasteiger partial charge in [-0.25, -0.2) is 9.67 Å². The zero-order valence-corrected chi connectivity index (χ0v) is 15.8. The van der Waals surface area contributed by atoms with Gasteiger partial charge in [0.1, 0.15) is 11.2 Å². The van der Waals surface area contributed by atoms with Crippen LogP contribution in [0, 0.1) is 0 Å². The fourth-order valence-electron chi connectivity index (χ4n) is 4.07. The third-order valence-corrected chi connectivity index (χ3v) is 5.88. The Morgan fingerprint density at radius 3 is 2.86 bits per heavy atom. The summed E-state index contributed by atoms with van der Waals surface area (Å²) >= 11 is 0. The van der Waals surface area contributed by atoms with Crippen molar-refractivity contribution in [2.75, 3.05) is 26.3 Å². The van der Waals surface area contributed by atoms with E-state index in [1.165, 1.54) is 0 Å². The van der Waals surface area contributed by atoms with Gasteiger partial charge in [0.25, 0.3) is 5.56 Å². The van der Waals surface area contributed by atoms with Gasteiger partial charge in [0.15, 0.2) is 5.65 Å². The Kier molecular flexibility index (Phi) is 4.40. The molecule has 2 aliphatic rings. The summed E-state index contributed by atoms with van der Waals surface area (Å²) in [4.78, 5) is 22.7. The molecule has 5 rings (SSSR count). The zero-order valence-electron chi connectivity index (χ0n) is 15.8. The molecule has 0 bridgehead atoms. The Balaban J connectivity index is 1.39. The van der Waals surface area contributed by atoms with E-state index in [0.717, 1.165) is 44.8 Å². The van der Waals surface area contributed by atoms with E-state index in [2.05, 4.69) is 32.1 Å². The van der Waals surface area contributed by atoms with E-state index in [9.17, 15) is 4.79 Å². The minimum atomic E-state index is -0.129. The zero-order chi connectivity index (χ0) is 19.1. The van der Waals surface area contributed by atoms with Gasteiger partial charge in [-0.1, -0.05) is 0 Å². The van der Waals surface area contributed by atoms with Gasteiger partial charge in [0, 0.05) is 38.4 Å². The molecule has 9 nitrogen and oxygen atoms in total. The summed E-state index contributed by atoms with van der Waals surface area (Å²) in [5.74, 6) is 1.06. The van der Waals surface area contributed by atoms with Crippen LogP contribution in [0.3, 0.4) is 0 Å². The van der Waals surface area contributed by atoms with Crippen LogP contribution in [0.2, 0.25) is 0 Å². The quantitative estimate of drug-likeness (QED) is 0.729. The van der Waals surface area contributed by atoms with Gasteiger partial charge in [-0.3, -0.25) is 9.69 Å².